The van der Waals surface area contributed by atoms with Crippen molar-refractivity contribution in [3.8, 4) is 0 Å². The number of hydrogen-bond acceptors (Lipinski definition) is 7. The SMILES string of the molecule is CCOC(=O)NC(=NC)NCCCC(NC(=O)OC(C)(C)C)C(=O)OC(C)(C)C. The van der Waals surface area contributed by atoms with Crippen LogP contribution in [0.1, 0.15) is 61.3 Å². The van der Waals surface area contributed by atoms with E-state index in [1.807, 2.05) is 0 Å². The van der Waals surface area contributed by atoms with Crippen LogP contribution in [0.5, 0.6) is 0 Å². The van der Waals surface area contributed by atoms with Gasteiger partial charge in [0.25, 0.3) is 0 Å². The van der Waals surface area contributed by atoms with E-state index < -0.39 is 35.4 Å². The van der Waals surface area contributed by atoms with E-state index in [1.54, 1.807) is 48.5 Å². The van der Waals surface area contributed by atoms with Crippen LogP contribution in [-0.4, -0.2) is 61.6 Å². The average Bonchev–Trinajstić information content (AvgIpc) is 2.53. The molecule has 0 aromatic carbocycles. The Morgan fingerprint density at radius 2 is 1.55 bits per heavy atom. The molecular weight excluding hydrogens is 380 g/mol. The van der Waals surface area contributed by atoms with Crippen molar-refractivity contribution < 1.29 is 28.6 Å². The van der Waals surface area contributed by atoms with Crippen molar-refractivity contribution in [3.63, 3.8) is 0 Å². The molecule has 0 aliphatic heterocycles. The second-order valence-electron chi connectivity index (χ2n) is 8.22. The monoisotopic (exact) mass is 416 g/mol. The molecule has 3 N–H and O–H groups in total. The quantitative estimate of drug-likeness (QED) is 0.191. The van der Waals surface area contributed by atoms with Crippen LogP contribution in [0.4, 0.5) is 9.59 Å². The van der Waals surface area contributed by atoms with Crippen LogP contribution in [0.25, 0.3) is 0 Å². The standard InChI is InChI=1S/C19H36N4O6/c1-9-27-16(25)23-15(20-8)21-12-10-11-13(14(24)28-18(2,3)4)22-17(26)29-19(5,6)7/h13H,9-12H2,1-8H3,(H,22,26)(H2,20,21,23,25). The summed E-state index contributed by atoms with van der Waals surface area (Å²) in [5.74, 6) is -0.297. The van der Waals surface area contributed by atoms with Gasteiger partial charge in [-0.25, -0.2) is 14.4 Å². The molecule has 0 aliphatic carbocycles. The number of hydrogen-bond donors (Lipinski definition) is 3. The maximum absolute atomic E-state index is 12.5. The van der Waals surface area contributed by atoms with Crippen molar-refractivity contribution in [2.45, 2.75) is 78.6 Å². The van der Waals surface area contributed by atoms with Crippen LogP contribution >= 0.6 is 0 Å². The lowest BCUT2D eigenvalue weighted by atomic mass is 10.1. The van der Waals surface area contributed by atoms with Crippen molar-refractivity contribution in [1.82, 2.24) is 16.0 Å². The minimum Gasteiger partial charge on any atom is -0.458 e. The second-order valence-corrected chi connectivity index (χ2v) is 8.22. The molecule has 1 unspecified atom stereocenters. The van der Waals surface area contributed by atoms with Crippen LogP contribution in [-0.2, 0) is 19.0 Å². The van der Waals surface area contributed by atoms with Crippen LogP contribution in [0.2, 0.25) is 0 Å². The van der Waals surface area contributed by atoms with E-state index >= 15 is 0 Å². The Labute approximate surface area is 173 Å². The van der Waals surface area contributed by atoms with E-state index in [0.29, 0.717) is 19.4 Å². The molecule has 0 rings (SSSR count). The van der Waals surface area contributed by atoms with Gasteiger partial charge in [0.2, 0.25) is 5.96 Å². The van der Waals surface area contributed by atoms with Gasteiger partial charge in [-0.1, -0.05) is 0 Å². The predicted octanol–water partition coefficient (Wildman–Crippen LogP) is 2.32. The first-order valence-electron chi connectivity index (χ1n) is 9.64. The summed E-state index contributed by atoms with van der Waals surface area (Å²) in [7, 11) is 1.52. The van der Waals surface area contributed by atoms with Gasteiger partial charge < -0.3 is 24.8 Å². The molecule has 10 nitrogen and oxygen atoms in total. The highest BCUT2D eigenvalue weighted by Gasteiger charge is 2.28. The molecule has 0 aromatic rings. The Kier molecular flexibility index (Phi) is 11.1. The molecule has 0 aliphatic rings. The first kappa shape index (κ1) is 26.5. The average molecular weight is 417 g/mol. The van der Waals surface area contributed by atoms with Gasteiger partial charge in [-0.2, -0.15) is 0 Å². The summed E-state index contributed by atoms with van der Waals surface area (Å²) in [5.41, 5.74) is -1.37. The molecule has 0 bridgehead atoms. The fourth-order valence-electron chi connectivity index (χ4n) is 2.03. The zero-order chi connectivity index (χ0) is 22.7. The van der Waals surface area contributed by atoms with Gasteiger partial charge in [0.15, 0.2) is 0 Å². The zero-order valence-electron chi connectivity index (χ0n) is 18.8. The van der Waals surface area contributed by atoms with Crippen molar-refractivity contribution in [2.24, 2.45) is 4.99 Å². The maximum atomic E-state index is 12.5. The summed E-state index contributed by atoms with van der Waals surface area (Å²) in [4.78, 5) is 39.9. The number of guanidine groups is 1. The topological polar surface area (TPSA) is 127 Å². The Bertz CT molecular complexity index is 578. The number of amides is 2. The molecule has 2 amide bonds. The summed E-state index contributed by atoms with van der Waals surface area (Å²) in [5, 5.41) is 7.96. The first-order chi connectivity index (χ1) is 13.3. The molecule has 0 spiro atoms. The Morgan fingerprint density at radius 1 is 0.966 bits per heavy atom. The Balaban J connectivity index is 4.76. The number of carbonyl (C=O) groups is 3. The van der Waals surface area contributed by atoms with Crippen LogP contribution in [0.15, 0.2) is 4.99 Å². The van der Waals surface area contributed by atoms with Crippen LogP contribution in [0.3, 0.4) is 0 Å². The highest BCUT2D eigenvalue weighted by Crippen LogP contribution is 2.12. The van der Waals surface area contributed by atoms with Gasteiger partial charge in [-0.15, -0.1) is 0 Å². The predicted molar refractivity (Wildman–Crippen MR) is 110 cm³/mol. The Hall–Kier alpha value is -2.52. The van der Waals surface area contributed by atoms with Gasteiger partial charge in [0.05, 0.1) is 6.61 Å². The van der Waals surface area contributed by atoms with Gasteiger partial charge in [-0.05, 0) is 61.3 Å². The van der Waals surface area contributed by atoms with Gasteiger partial charge >= 0.3 is 18.2 Å². The lowest BCUT2D eigenvalue weighted by Crippen LogP contribution is -2.46. The van der Waals surface area contributed by atoms with Gasteiger partial charge in [0, 0.05) is 13.6 Å². The molecule has 0 saturated carbocycles. The fourth-order valence-corrected chi connectivity index (χ4v) is 2.03. The van der Waals surface area contributed by atoms with E-state index in [4.69, 9.17) is 14.2 Å². The van der Waals surface area contributed by atoms with E-state index in [-0.39, 0.29) is 12.6 Å². The summed E-state index contributed by atoms with van der Waals surface area (Å²) in [6.07, 6.45) is -0.513. The third-order valence-electron chi connectivity index (χ3n) is 3.06. The normalized spacial score (nSPS) is 13.2. The van der Waals surface area contributed by atoms with Crippen LogP contribution < -0.4 is 16.0 Å². The first-order valence-corrected chi connectivity index (χ1v) is 9.64. The molecule has 29 heavy (non-hydrogen) atoms. The summed E-state index contributed by atoms with van der Waals surface area (Å²) in [6.45, 7) is 12.8. The number of esters is 1. The molecule has 168 valence electrons. The third-order valence-corrected chi connectivity index (χ3v) is 3.06. The lowest BCUT2D eigenvalue weighted by molar-refractivity contribution is -0.157. The summed E-state index contributed by atoms with van der Waals surface area (Å²) in [6, 6.07) is -0.870. The molecule has 0 aromatic heterocycles. The highest BCUT2D eigenvalue weighted by atomic mass is 16.6. The van der Waals surface area contributed by atoms with Gasteiger partial charge in [-0.3, -0.25) is 10.3 Å². The van der Waals surface area contributed by atoms with E-state index in [0.717, 1.165) is 0 Å². The lowest BCUT2D eigenvalue weighted by Gasteiger charge is -2.26. The van der Waals surface area contributed by atoms with E-state index in [2.05, 4.69) is 20.9 Å². The minimum atomic E-state index is -0.870. The molecule has 1 atom stereocenters. The fraction of sp³-hybridized carbons (Fsp3) is 0.789. The third kappa shape index (κ3) is 14.2. The Morgan fingerprint density at radius 3 is 2.03 bits per heavy atom. The largest absolute Gasteiger partial charge is 0.458 e. The maximum Gasteiger partial charge on any atom is 0.413 e. The molecule has 0 fully saturated rings. The van der Waals surface area contributed by atoms with E-state index in [1.165, 1.54) is 7.05 Å². The number of rotatable bonds is 7. The molecular formula is C19H36N4O6. The van der Waals surface area contributed by atoms with Crippen molar-refractivity contribution in [3.05, 3.63) is 0 Å². The number of nitrogens with zero attached hydrogens (tertiary/aromatic N) is 1. The molecule has 0 radical (unpaired) electrons. The van der Waals surface area contributed by atoms with Crippen molar-refractivity contribution >= 4 is 24.1 Å². The summed E-state index contributed by atoms with van der Waals surface area (Å²) < 4.78 is 15.4. The van der Waals surface area contributed by atoms with Gasteiger partial charge in [0.1, 0.15) is 17.2 Å². The smallest absolute Gasteiger partial charge is 0.413 e. The molecule has 0 heterocycles. The van der Waals surface area contributed by atoms with E-state index in [9.17, 15) is 14.4 Å². The number of ether oxygens (including phenoxy) is 3. The number of carbonyl (C=O) groups excluding carboxylic acids is 3. The summed E-state index contributed by atoms with van der Waals surface area (Å²) >= 11 is 0. The number of alkyl carbamates (subject to hydrolysis) is 2. The second kappa shape index (κ2) is 12.1. The van der Waals surface area contributed by atoms with Crippen LogP contribution in [0, 0.1) is 0 Å². The minimum absolute atomic E-state index is 0.247. The highest BCUT2D eigenvalue weighted by molar-refractivity contribution is 5.93. The molecule has 10 heteroatoms. The number of nitrogens with one attached hydrogen (secondary N) is 3. The van der Waals surface area contributed by atoms with Crippen molar-refractivity contribution in [1.29, 1.82) is 0 Å². The number of aliphatic imine (C=N–C) groups is 1. The van der Waals surface area contributed by atoms with Crippen molar-refractivity contribution in [2.75, 3.05) is 20.2 Å². The molecule has 0 saturated heterocycles. The zero-order valence-corrected chi connectivity index (χ0v) is 18.8.